The van der Waals surface area contributed by atoms with Gasteiger partial charge in [-0.25, -0.2) is 0 Å². The van der Waals surface area contributed by atoms with Gasteiger partial charge in [-0.1, -0.05) is 30.3 Å². The zero-order valence-electron chi connectivity index (χ0n) is 16.7. The minimum Gasteiger partial charge on any atom is -0.383 e. The highest BCUT2D eigenvalue weighted by molar-refractivity contribution is 7.18. The average molecular weight is 419 g/mol. The lowest BCUT2D eigenvalue weighted by atomic mass is 10.0. The smallest absolute Gasteiger partial charge is 0.263 e. The molecule has 30 heavy (non-hydrogen) atoms. The van der Waals surface area contributed by atoms with Gasteiger partial charge in [0.1, 0.15) is 0 Å². The van der Waals surface area contributed by atoms with Crippen LogP contribution in [0.4, 0.5) is 0 Å². The molecular weight excluding hydrogens is 396 g/mol. The molecule has 1 fully saturated rings. The summed E-state index contributed by atoms with van der Waals surface area (Å²) in [5, 5.41) is 3.04. The number of hydrogen-bond acceptors (Lipinski definition) is 4. The predicted molar refractivity (Wildman–Crippen MR) is 120 cm³/mol. The monoisotopic (exact) mass is 418 g/mol. The summed E-state index contributed by atoms with van der Waals surface area (Å²) in [6.07, 6.45) is 3.68. The molecule has 4 aromatic rings. The molecule has 0 unspecified atom stereocenters. The predicted octanol–water partition coefficient (Wildman–Crippen LogP) is 4.43. The lowest BCUT2D eigenvalue weighted by Gasteiger charge is -2.25. The first kappa shape index (κ1) is 19.0. The topological polar surface area (TPSA) is 51.0 Å². The number of pyridine rings is 2. The summed E-state index contributed by atoms with van der Waals surface area (Å²) in [5.74, 6) is -0.0369. The van der Waals surface area contributed by atoms with E-state index in [1.807, 2.05) is 52.7 Å². The Morgan fingerprint density at radius 1 is 1.20 bits per heavy atom. The standard InChI is InChI=1S/C24H22N2O3S/c1-29-15-18-8-5-11-25(18)24(28)20-14-19(16-6-3-2-4-7-16)23(27)26-12-9-17-10-13-30-22(17)21(20)26/h2-4,6-7,9-10,12-14,18H,5,8,11,15H2,1H3/t18-/m0/s1. The SMILES string of the molecule is COC[C@@H]1CCCN1C(=O)c1cc(-c2ccccc2)c(=O)n2ccc3ccsc3c12. The summed E-state index contributed by atoms with van der Waals surface area (Å²) in [4.78, 5) is 29.1. The molecule has 1 amide bonds. The van der Waals surface area contributed by atoms with E-state index in [1.54, 1.807) is 35.1 Å². The summed E-state index contributed by atoms with van der Waals surface area (Å²) in [7, 11) is 1.67. The Bertz CT molecular complexity index is 1290. The van der Waals surface area contributed by atoms with Crippen molar-refractivity contribution in [3.8, 4) is 11.1 Å². The molecule has 1 aliphatic rings. The highest BCUT2D eigenvalue weighted by atomic mass is 32.1. The van der Waals surface area contributed by atoms with Crippen molar-refractivity contribution in [2.24, 2.45) is 0 Å². The first-order valence-corrected chi connectivity index (χ1v) is 11.0. The molecule has 1 atom stereocenters. The van der Waals surface area contributed by atoms with Gasteiger partial charge >= 0.3 is 0 Å². The Labute approximate surface area is 178 Å². The van der Waals surface area contributed by atoms with Gasteiger partial charge in [-0.3, -0.25) is 14.0 Å². The average Bonchev–Trinajstić information content (AvgIpc) is 3.44. The van der Waals surface area contributed by atoms with Crippen molar-refractivity contribution < 1.29 is 9.53 Å². The molecule has 0 saturated carbocycles. The Hall–Kier alpha value is -2.96. The second kappa shape index (κ2) is 7.70. The number of rotatable bonds is 4. The largest absolute Gasteiger partial charge is 0.383 e. The van der Waals surface area contributed by atoms with Crippen LogP contribution in [0.3, 0.4) is 0 Å². The third kappa shape index (κ3) is 3.04. The summed E-state index contributed by atoms with van der Waals surface area (Å²) in [6, 6.07) is 15.4. The summed E-state index contributed by atoms with van der Waals surface area (Å²) < 4.78 is 7.95. The van der Waals surface area contributed by atoms with Gasteiger partial charge in [-0.15, -0.1) is 11.3 Å². The maximum atomic E-state index is 13.8. The molecule has 0 N–H and O–H groups in total. The van der Waals surface area contributed by atoms with Gasteiger partial charge in [-0.2, -0.15) is 0 Å². The number of carbonyl (C=O) groups is 1. The number of hydrogen-bond donors (Lipinski definition) is 0. The van der Waals surface area contributed by atoms with Crippen molar-refractivity contribution in [3.63, 3.8) is 0 Å². The second-order valence-corrected chi connectivity index (χ2v) is 8.55. The van der Waals surface area contributed by atoms with Crippen molar-refractivity contribution >= 4 is 32.8 Å². The number of nitrogens with zero attached hydrogens (tertiary/aromatic N) is 2. The zero-order chi connectivity index (χ0) is 20.7. The van der Waals surface area contributed by atoms with Gasteiger partial charge in [0.25, 0.3) is 11.5 Å². The Morgan fingerprint density at radius 2 is 2.03 bits per heavy atom. The van der Waals surface area contributed by atoms with Crippen molar-refractivity contribution in [1.29, 1.82) is 0 Å². The van der Waals surface area contributed by atoms with Gasteiger partial charge < -0.3 is 9.64 Å². The van der Waals surface area contributed by atoms with E-state index in [0.29, 0.717) is 29.8 Å². The van der Waals surface area contributed by atoms with E-state index in [0.717, 1.165) is 28.5 Å². The van der Waals surface area contributed by atoms with Crippen LogP contribution in [0.25, 0.3) is 26.7 Å². The van der Waals surface area contributed by atoms with Gasteiger partial charge in [0.05, 0.1) is 28.4 Å². The van der Waals surface area contributed by atoms with Crippen molar-refractivity contribution in [1.82, 2.24) is 9.30 Å². The Kier molecular flexibility index (Phi) is 4.89. The van der Waals surface area contributed by atoms with Crippen molar-refractivity contribution in [2.45, 2.75) is 18.9 Å². The number of benzene rings is 1. The lowest BCUT2D eigenvalue weighted by Crippen LogP contribution is -2.38. The molecule has 0 bridgehead atoms. The molecule has 5 nitrogen and oxygen atoms in total. The number of likely N-dealkylation sites (tertiary alicyclic amines) is 1. The number of fused-ring (bicyclic) bond motifs is 3. The highest BCUT2D eigenvalue weighted by Gasteiger charge is 2.31. The maximum absolute atomic E-state index is 13.8. The lowest BCUT2D eigenvalue weighted by molar-refractivity contribution is 0.0632. The van der Waals surface area contributed by atoms with E-state index >= 15 is 0 Å². The Morgan fingerprint density at radius 3 is 2.83 bits per heavy atom. The highest BCUT2D eigenvalue weighted by Crippen LogP contribution is 2.31. The number of thiophene rings is 1. The molecule has 0 spiro atoms. The van der Waals surface area contributed by atoms with E-state index < -0.39 is 0 Å². The van der Waals surface area contributed by atoms with Crippen LogP contribution in [0.2, 0.25) is 0 Å². The number of aromatic nitrogens is 1. The van der Waals surface area contributed by atoms with Crippen molar-refractivity contribution in [2.75, 3.05) is 20.3 Å². The third-order valence-corrected chi connectivity index (χ3v) is 6.80. The van der Waals surface area contributed by atoms with E-state index in [-0.39, 0.29) is 17.5 Å². The molecule has 4 heterocycles. The molecule has 1 saturated heterocycles. The van der Waals surface area contributed by atoms with E-state index in [1.165, 1.54) is 0 Å². The van der Waals surface area contributed by atoms with Crippen LogP contribution in [0.1, 0.15) is 23.2 Å². The van der Waals surface area contributed by atoms with Crippen LogP contribution < -0.4 is 5.56 Å². The van der Waals surface area contributed by atoms with Crippen LogP contribution >= 0.6 is 11.3 Å². The fourth-order valence-electron chi connectivity index (χ4n) is 4.42. The summed E-state index contributed by atoms with van der Waals surface area (Å²) >= 11 is 1.56. The third-order valence-electron chi connectivity index (χ3n) is 5.86. The van der Waals surface area contributed by atoms with Crippen molar-refractivity contribution in [3.05, 3.63) is 76.0 Å². The quantitative estimate of drug-likeness (QED) is 0.493. The molecule has 0 aliphatic carbocycles. The van der Waals surface area contributed by atoms with Gasteiger partial charge in [0, 0.05) is 25.4 Å². The van der Waals surface area contributed by atoms with E-state index in [9.17, 15) is 9.59 Å². The van der Waals surface area contributed by atoms with Crippen LogP contribution in [0.15, 0.2) is 64.9 Å². The number of amides is 1. The summed E-state index contributed by atoms with van der Waals surface area (Å²) in [6.45, 7) is 1.23. The fourth-order valence-corrected chi connectivity index (χ4v) is 5.36. The second-order valence-electron chi connectivity index (χ2n) is 7.63. The van der Waals surface area contributed by atoms with Crippen LogP contribution in [0.5, 0.6) is 0 Å². The minimum atomic E-state index is -0.113. The van der Waals surface area contributed by atoms with E-state index in [4.69, 9.17) is 4.74 Å². The zero-order valence-corrected chi connectivity index (χ0v) is 17.5. The molecule has 1 aromatic carbocycles. The number of ether oxygens (including phenoxy) is 1. The number of methoxy groups -OCH3 is 1. The molecule has 5 rings (SSSR count). The van der Waals surface area contributed by atoms with Gasteiger partial charge in [0.2, 0.25) is 0 Å². The molecule has 6 heteroatoms. The maximum Gasteiger partial charge on any atom is 0.263 e. The molecule has 0 radical (unpaired) electrons. The molecular formula is C24H22N2O3S. The first-order valence-electron chi connectivity index (χ1n) is 10.1. The van der Waals surface area contributed by atoms with E-state index in [2.05, 4.69) is 0 Å². The van der Waals surface area contributed by atoms with Crippen LogP contribution in [-0.4, -0.2) is 41.5 Å². The number of carbonyl (C=O) groups excluding carboxylic acids is 1. The van der Waals surface area contributed by atoms with Gasteiger partial charge in [0.15, 0.2) is 0 Å². The first-order chi connectivity index (χ1) is 14.7. The molecule has 3 aromatic heterocycles. The van der Waals surface area contributed by atoms with Crippen LogP contribution in [0, 0.1) is 0 Å². The fraction of sp³-hybridized carbons (Fsp3) is 0.250. The van der Waals surface area contributed by atoms with Gasteiger partial charge in [-0.05, 0) is 47.4 Å². The van der Waals surface area contributed by atoms with Crippen LogP contribution in [-0.2, 0) is 4.74 Å². The normalized spacial score (nSPS) is 16.6. The molecule has 152 valence electrons. The minimum absolute atomic E-state index is 0.0369. The Balaban J connectivity index is 1.78. The molecule has 1 aliphatic heterocycles. The summed E-state index contributed by atoms with van der Waals surface area (Å²) in [5.41, 5.74) is 2.50.